The molecule has 118 valence electrons. The first-order valence-electron chi connectivity index (χ1n) is 7.41. The quantitative estimate of drug-likeness (QED) is 0.686. The summed E-state index contributed by atoms with van der Waals surface area (Å²) in [5.74, 6) is -0.252. The van der Waals surface area contributed by atoms with E-state index in [-0.39, 0.29) is 24.8 Å². The minimum absolute atomic E-state index is 0.113. The molecule has 22 heavy (non-hydrogen) atoms. The predicted octanol–water partition coefficient (Wildman–Crippen LogP) is 1.16. The summed E-state index contributed by atoms with van der Waals surface area (Å²) in [7, 11) is 1.57. The molecule has 0 bridgehead atoms. The van der Waals surface area contributed by atoms with E-state index in [1.165, 1.54) is 16.2 Å². The van der Waals surface area contributed by atoms with Gasteiger partial charge in [-0.3, -0.25) is 9.59 Å². The monoisotopic (exact) mass is 320 g/mol. The fraction of sp³-hybridized carbons (Fsp3) is 0.533. The zero-order valence-electron chi connectivity index (χ0n) is 12.6. The van der Waals surface area contributed by atoms with Crippen LogP contribution in [0.4, 0.5) is 5.00 Å². The molecule has 3 N–H and O–H groups in total. The third kappa shape index (κ3) is 4.06. The van der Waals surface area contributed by atoms with Crippen molar-refractivity contribution in [1.29, 1.82) is 5.26 Å². The Morgan fingerprint density at radius 2 is 2.05 bits per heavy atom. The molecule has 0 aliphatic heterocycles. The van der Waals surface area contributed by atoms with Crippen molar-refractivity contribution >= 4 is 28.2 Å². The predicted molar refractivity (Wildman–Crippen MR) is 85.9 cm³/mol. The maximum absolute atomic E-state index is 12.0. The minimum atomic E-state index is -0.139. The Morgan fingerprint density at radius 3 is 2.77 bits per heavy atom. The van der Waals surface area contributed by atoms with Crippen LogP contribution in [0.25, 0.3) is 0 Å². The van der Waals surface area contributed by atoms with Gasteiger partial charge in [-0.1, -0.05) is 0 Å². The summed E-state index contributed by atoms with van der Waals surface area (Å²) in [5, 5.41) is 18.2. The second kappa shape index (κ2) is 7.92. The number of nitrogens with one attached hydrogen (secondary N) is 3. The first-order valence-corrected chi connectivity index (χ1v) is 8.23. The lowest BCUT2D eigenvalue weighted by Gasteiger charge is -2.09. The zero-order chi connectivity index (χ0) is 15.9. The Labute approximate surface area is 133 Å². The normalized spacial score (nSPS) is 13.1. The molecule has 2 rings (SSSR count). The van der Waals surface area contributed by atoms with Crippen LogP contribution in [-0.2, 0) is 22.4 Å². The lowest BCUT2D eigenvalue weighted by Crippen LogP contribution is -2.33. The van der Waals surface area contributed by atoms with Crippen LogP contribution < -0.4 is 16.0 Å². The first kappa shape index (κ1) is 16.5. The van der Waals surface area contributed by atoms with E-state index in [4.69, 9.17) is 0 Å². The molecule has 0 spiro atoms. The Balaban J connectivity index is 1.88. The number of likely N-dealkylation sites (N-methyl/N-ethyl adjacent to an activating group) is 1. The number of nitrogens with zero attached hydrogens (tertiary/aromatic N) is 1. The average Bonchev–Trinajstić information content (AvgIpc) is 2.88. The van der Waals surface area contributed by atoms with E-state index in [2.05, 4.69) is 22.0 Å². The van der Waals surface area contributed by atoms with Crippen molar-refractivity contribution in [3.05, 3.63) is 16.0 Å². The van der Waals surface area contributed by atoms with Gasteiger partial charge in [0.15, 0.2) is 0 Å². The SMILES string of the molecule is CNC(=O)CNCCC(=O)Nc1sc2c(c1C#N)CCCC2. The fourth-order valence-corrected chi connectivity index (χ4v) is 3.71. The van der Waals surface area contributed by atoms with Gasteiger partial charge < -0.3 is 16.0 Å². The van der Waals surface area contributed by atoms with Gasteiger partial charge in [0.25, 0.3) is 0 Å². The van der Waals surface area contributed by atoms with Gasteiger partial charge in [-0.05, 0) is 31.2 Å². The van der Waals surface area contributed by atoms with Crippen molar-refractivity contribution in [1.82, 2.24) is 10.6 Å². The van der Waals surface area contributed by atoms with E-state index < -0.39 is 0 Å². The molecule has 1 aliphatic rings. The minimum Gasteiger partial charge on any atom is -0.358 e. The van der Waals surface area contributed by atoms with Crippen LogP contribution in [0.2, 0.25) is 0 Å². The molecule has 0 saturated carbocycles. The van der Waals surface area contributed by atoms with Crippen LogP contribution in [0.3, 0.4) is 0 Å². The topological polar surface area (TPSA) is 94.0 Å². The van der Waals surface area contributed by atoms with Gasteiger partial charge >= 0.3 is 0 Å². The van der Waals surface area contributed by atoms with Gasteiger partial charge in [-0.15, -0.1) is 11.3 Å². The molecular formula is C15H20N4O2S. The highest BCUT2D eigenvalue weighted by atomic mass is 32.1. The molecule has 2 amide bonds. The van der Waals surface area contributed by atoms with Gasteiger partial charge in [0.2, 0.25) is 11.8 Å². The highest BCUT2D eigenvalue weighted by molar-refractivity contribution is 7.16. The number of nitriles is 1. The standard InChI is InChI=1S/C15H20N4O2S/c1-17-14(21)9-18-7-6-13(20)19-15-11(8-16)10-4-2-3-5-12(10)22-15/h18H,2-7,9H2,1H3,(H,17,21)(H,19,20). The molecule has 0 unspecified atom stereocenters. The van der Waals surface area contributed by atoms with Crippen LogP contribution >= 0.6 is 11.3 Å². The van der Waals surface area contributed by atoms with Crippen molar-refractivity contribution in [3.8, 4) is 6.07 Å². The van der Waals surface area contributed by atoms with E-state index in [0.717, 1.165) is 31.2 Å². The van der Waals surface area contributed by atoms with Gasteiger partial charge in [0.1, 0.15) is 11.1 Å². The van der Waals surface area contributed by atoms with E-state index in [9.17, 15) is 14.9 Å². The van der Waals surface area contributed by atoms with E-state index >= 15 is 0 Å². The highest BCUT2D eigenvalue weighted by Crippen LogP contribution is 2.37. The van der Waals surface area contributed by atoms with Gasteiger partial charge in [-0.25, -0.2) is 0 Å². The number of amides is 2. The van der Waals surface area contributed by atoms with Gasteiger partial charge in [0, 0.05) is 24.9 Å². The summed E-state index contributed by atoms with van der Waals surface area (Å²) in [4.78, 5) is 24.2. The van der Waals surface area contributed by atoms with Crippen molar-refractivity contribution in [3.63, 3.8) is 0 Å². The third-order valence-corrected chi connectivity index (χ3v) is 4.84. The van der Waals surface area contributed by atoms with Gasteiger partial charge in [-0.2, -0.15) is 5.26 Å². The molecule has 0 aromatic carbocycles. The molecule has 6 nitrogen and oxygen atoms in total. The zero-order valence-corrected chi connectivity index (χ0v) is 13.4. The summed E-state index contributed by atoms with van der Waals surface area (Å²) in [5.41, 5.74) is 1.75. The number of hydrogen-bond acceptors (Lipinski definition) is 5. The lowest BCUT2D eigenvalue weighted by atomic mass is 9.96. The molecular weight excluding hydrogens is 300 g/mol. The van der Waals surface area contributed by atoms with Crippen LogP contribution in [-0.4, -0.2) is 32.0 Å². The first-order chi connectivity index (χ1) is 10.7. The van der Waals surface area contributed by atoms with Crippen LogP contribution in [0.1, 0.15) is 35.3 Å². The largest absolute Gasteiger partial charge is 0.358 e. The third-order valence-electron chi connectivity index (χ3n) is 3.63. The smallest absolute Gasteiger partial charge is 0.233 e. The Morgan fingerprint density at radius 1 is 1.27 bits per heavy atom. The molecule has 1 heterocycles. The number of hydrogen-bond donors (Lipinski definition) is 3. The van der Waals surface area contributed by atoms with E-state index in [0.29, 0.717) is 17.1 Å². The molecule has 0 atom stereocenters. The number of rotatable bonds is 6. The second-order valence-corrected chi connectivity index (χ2v) is 6.28. The fourth-order valence-electron chi connectivity index (χ4n) is 2.45. The molecule has 7 heteroatoms. The summed E-state index contributed by atoms with van der Waals surface area (Å²) in [6, 6.07) is 2.23. The Hall–Kier alpha value is -1.91. The lowest BCUT2D eigenvalue weighted by molar-refractivity contribution is -0.120. The number of carbonyl (C=O) groups is 2. The van der Waals surface area contributed by atoms with Crippen molar-refractivity contribution in [2.45, 2.75) is 32.1 Å². The second-order valence-electron chi connectivity index (χ2n) is 5.17. The number of carbonyl (C=O) groups excluding carboxylic acids is 2. The molecule has 0 radical (unpaired) electrons. The van der Waals surface area contributed by atoms with E-state index in [1.807, 2.05) is 0 Å². The Kier molecular flexibility index (Phi) is 5.92. The average molecular weight is 320 g/mol. The molecule has 1 aliphatic carbocycles. The Bertz CT molecular complexity index is 603. The summed E-state index contributed by atoms with van der Waals surface area (Å²) >= 11 is 1.52. The summed E-state index contributed by atoms with van der Waals surface area (Å²) in [6.07, 6.45) is 4.45. The number of fused-ring (bicyclic) bond motifs is 1. The molecule has 0 fully saturated rings. The maximum Gasteiger partial charge on any atom is 0.233 e. The highest BCUT2D eigenvalue weighted by Gasteiger charge is 2.21. The summed E-state index contributed by atoms with van der Waals surface area (Å²) < 4.78 is 0. The van der Waals surface area contributed by atoms with Crippen molar-refractivity contribution < 1.29 is 9.59 Å². The number of thiophene rings is 1. The van der Waals surface area contributed by atoms with Crippen LogP contribution in [0.5, 0.6) is 0 Å². The van der Waals surface area contributed by atoms with Crippen LogP contribution in [0, 0.1) is 11.3 Å². The molecule has 1 aromatic heterocycles. The number of aryl methyl sites for hydroxylation is 1. The van der Waals surface area contributed by atoms with E-state index in [1.54, 1.807) is 7.05 Å². The molecule has 1 aromatic rings. The molecule has 0 saturated heterocycles. The van der Waals surface area contributed by atoms with Crippen molar-refractivity contribution in [2.75, 3.05) is 25.5 Å². The number of anilines is 1. The van der Waals surface area contributed by atoms with Crippen molar-refractivity contribution in [2.24, 2.45) is 0 Å². The van der Waals surface area contributed by atoms with Crippen LogP contribution in [0.15, 0.2) is 0 Å². The van der Waals surface area contributed by atoms with Gasteiger partial charge in [0.05, 0.1) is 12.1 Å². The summed E-state index contributed by atoms with van der Waals surface area (Å²) in [6.45, 7) is 0.618. The maximum atomic E-state index is 12.0.